The summed E-state index contributed by atoms with van der Waals surface area (Å²) in [6.07, 6.45) is 0. The van der Waals surface area contributed by atoms with Crippen molar-refractivity contribution in [2.24, 2.45) is 10.8 Å². The van der Waals surface area contributed by atoms with Gasteiger partial charge in [0.15, 0.2) is 0 Å². The molecule has 0 aliphatic carbocycles. The molecule has 1 fully saturated rings. The molecule has 1 aliphatic heterocycles. The maximum Gasteiger partial charge on any atom is 0.148 e. The first-order chi connectivity index (χ1) is 4.86. The summed E-state index contributed by atoms with van der Waals surface area (Å²) < 4.78 is 5.35. The van der Waals surface area contributed by atoms with E-state index in [2.05, 4.69) is 0 Å². The quantitative estimate of drug-likeness (QED) is 0.533. The first-order valence-corrected chi connectivity index (χ1v) is 3.99. The van der Waals surface area contributed by atoms with Gasteiger partial charge in [-0.05, 0) is 0 Å². The molecule has 0 unspecified atom stereocenters. The van der Waals surface area contributed by atoms with Crippen LogP contribution in [0.25, 0.3) is 0 Å². The fraction of sp³-hybridized carbons (Fsp3) is 0.889. The van der Waals surface area contributed by atoms with E-state index in [1.165, 1.54) is 0 Å². The van der Waals surface area contributed by atoms with Crippen LogP contribution in [0.4, 0.5) is 0 Å². The fourth-order valence-corrected chi connectivity index (χ4v) is 1.61. The van der Waals surface area contributed by atoms with Gasteiger partial charge in [0.1, 0.15) is 5.78 Å². The normalized spacial score (nSPS) is 28.5. The van der Waals surface area contributed by atoms with Crippen LogP contribution in [-0.4, -0.2) is 19.0 Å². The number of hydrogen-bond donors (Lipinski definition) is 0. The van der Waals surface area contributed by atoms with Gasteiger partial charge in [0.2, 0.25) is 0 Å². The van der Waals surface area contributed by atoms with Crippen molar-refractivity contribution in [2.45, 2.75) is 27.7 Å². The van der Waals surface area contributed by atoms with E-state index in [1.807, 2.05) is 27.7 Å². The van der Waals surface area contributed by atoms with Crippen molar-refractivity contribution < 1.29 is 9.53 Å². The van der Waals surface area contributed by atoms with Crippen molar-refractivity contribution >= 4 is 5.78 Å². The molecule has 2 heteroatoms. The summed E-state index contributed by atoms with van der Waals surface area (Å²) in [6, 6.07) is 0. The molecule has 64 valence electrons. The van der Waals surface area contributed by atoms with Crippen molar-refractivity contribution in [2.75, 3.05) is 13.2 Å². The van der Waals surface area contributed by atoms with Crippen LogP contribution in [0.1, 0.15) is 27.7 Å². The van der Waals surface area contributed by atoms with Crippen LogP contribution in [0.3, 0.4) is 0 Å². The lowest BCUT2D eigenvalue weighted by molar-refractivity contribution is -0.153. The number of ether oxygens (including phenoxy) is 1. The Morgan fingerprint density at radius 3 is 1.73 bits per heavy atom. The zero-order valence-electron chi connectivity index (χ0n) is 7.73. The van der Waals surface area contributed by atoms with Crippen LogP contribution >= 0.6 is 0 Å². The molecule has 1 aliphatic rings. The molecular formula is C9H16O2. The van der Waals surface area contributed by atoms with Crippen LogP contribution < -0.4 is 0 Å². The van der Waals surface area contributed by atoms with Crippen LogP contribution in [0.5, 0.6) is 0 Å². The van der Waals surface area contributed by atoms with E-state index in [0.717, 1.165) is 0 Å². The molecule has 0 saturated carbocycles. The minimum atomic E-state index is -0.290. The third-order valence-electron chi connectivity index (χ3n) is 2.16. The maximum absolute atomic E-state index is 11.7. The van der Waals surface area contributed by atoms with Crippen molar-refractivity contribution in [1.82, 2.24) is 0 Å². The highest BCUT2D eigenvalue weighted by Gasteiger charge is 2.43. The number of hydrogen-bond acceptors (Lipinski definition) is 2. The van der Waals surface area contributed by atoms with E-state index < -0.39 is 0 Å². The second kappa shape index (κ2) is 2.31. The highest BCUT2D eigenvalue weighted by Crippen LogP contribution is 2.34. The van der Waals surface area contributed by atoms with Gasteiger partial charge in [0, 0.05) is 10.8 Å². The van der Waals surface area contributed by atoms with Gasteiger partial charge in [-0.25, -0.2) is 0 Å². The first kappa shape index (κ1) is 8.72. The number of carbonyl (C=O) groups excluding carboxylic acids is 1. The van der Waals surface area contributed by atoms with Crippen LogP contribution in [0, 0.1) is 10.8 Å². The zero-order chi connectivity index (χ0) is 8.70. The van der Waals surface area contributed by atoms with E-state index in [9.17, 15) is 4.79 Å². The molecule has 0 radical (unpaired) electrons. The number of ketones is 1. The third-order valence-corrected chi connectivity index (χ3v) is 2.16. The summed E-state index contributed by atoms with van der Waals surface area (Å²) in [5, 5.41) is 0. The molecule has 0 aromatic heterocycles. The lowest BCUT2D eigenvalue weighted by atomic mass is 9.73. The Morgan fingerprint density at radius 2 is 1.45 bits per heavy atom. The maximum atomic E-state index is 11.7. The van der Waals surface area contributed by atoms with E-state index in [1.54, 1.807) is 0 Å². The average Bonchev–Trinajstić information content (AvgIpc) is 1.82. The number of carbonyl (C=O) groups is 1. The van der Waals surface area contributed by atoms with Crippen LogP contribution in [0.15, 0.2) is 0 Å². The van der Waals surface area contributed by atoms with Crippen LogP contribution in [-0.2, 0) is 9.53 Å². The van der Waals surface area contributed by atoms with Gasteiger partial charge >= 0.3 is 0 Å². The summed E-state index contributed by atoms with van der Waals surface area (Å²) in [5.41, 5.74) is -0.580. The van der Waals surface area contributed by atoms with Crippen molar-refractivity contribution in [1.29, 1.82) is 0 Å². The first-order valence-electron chi connectivity index (χ1n) is 3.99. The molecule has 0 bridgehead atoms. The Hall–Kier alpha value is -0.370. The van der Waals surface area contributed by atoms with E-state index in [0.29, 0.717) is 19.0 Å². The second-order valence-electron chi connectivity index (χ2n) is 4.59. The summed E-state index contributed by atoms with van der Waals surface area (Å²) in [7, 11) is 0. The van der Waals surface area contributed by atoms with Gasteiger partial charge in [0.05, 0.1) is 13.2 Å². The highest BCUT2D eigenvalue weighted by atomic mass is 16.5. The molecule has 0 aromatic rings. The fourth-order valence-electron chi connectivity index (χ4n) is 1.61. The minimum absolute atomic E-state index is 0.290. The predicted molar refractivity (Wildman–Crippen MR) is 43.4 cm³/mol. The van der Waals surface area contributed by atoms with Gasteiger partial charge < -0.3 is 4.74 Å². The van der Waals surface area contributed by atoms with E-state index >= 15 is 0 Å². The smallest absolute Gasteiger partial charge is 0.148 e. The summed E-state index contributed by atoms with van der Waals surface area (Å²) in [5.74, 6) is 0.316. The molecular weight excluding hydrogens is 140 g/mol. The third kappa shape index (κ3) is 1.45. The topological polar surface area (TPSA) is 26.3 Å². The molecule has 11 heavy (non-hydrogen) atoms. The van der Waals surface area contributed by atoms with Gasteiger partial charge in [-0.2, -0.15) is 0 Å². The Kier molecular flexibility index (Phi) is 1.83. The molecule has 0 spiro atoms. The SMILES string of the molecule is CC1(C)COCC(C)(C)C1=O. The lowest BCUT2D eigenvalue weighted by Crippen LogP contribution is -2.47. The van der Waals surface area contributed by atoms with Gasteiger partial charge in [-0.1, -0.05) is 27.7 Å². The Bertz CT molecular complexity index is 162. The largest absolute Gasteiger partial charge is 0.379 e. The molecule has 1 heterocycles. The zero-order valence-corrected chi connectivity index (χ0v) is 7.73. The molecule has 2 nitrogen and oxygen atoms in total. The van der Waals surface area contributed by atoms with Gasteiger partial charge in [-0.15, -0.1) is 0 Å². The van der Waals surface area contributed by atoms with Crippen molar-refractivity contribution in [3.63, 3.8) is 0 Å². The molecule has 1 saturated heterocycles. The highest BCUT2D eigenvalue weighted by molar-refractivity contribution is 5.89. The Labute approximate surface area is 67.9 Å². The van der Waals surface area contributed by atoms with Crippen LogP contribution in [0.2, 0.25) is 0 Å². The number of Topliss-reactive ketones (excluding diaryl/α,β-unsaturated/α-hetero) is 1. The summed E-state index contributed by atoms with van der Waals surface area (Å²) in [4.78, 5) is 11.7. The Balaban J connectivity index is 2.85. The molecule has 0 N–H and O–H groups in total. The molecule has 0 aromatic carbocycles. The summed E-state index contributed by atoms with van der Waals surface area (Å²) in [6.45, 7) is 8.89. The molecule has 1 rings (SSSR count). The lowest BCUT2D eigenvalue weighted by Gasteiger charge is -2.38. The van der Waals surface area contributed by atoms with Crippen molar-refractivity contribution in [3.05, 3.63) is 0 Å². The Morgan fingerprint density at radius 1 is 1.09 bits per heavy atom. The predicted octanol–water partition coefficient (Wildman–Crippen LogP) is 1.64. The monoisotopic (exact) mass is 156 g/mol. The van der Waals surface area contributed by atoms with Gasteiger partial charge in [-0.3, -0.25) is 4.79 Å². The standard InChI is InChI=1S/C9H16O2/c1-8(2)5-11-6-9(3,4)7(8)10/h5-6H2,1-4H3. The average molecular weight is 156 g/mol. The molecule has 0 amide bonds. The number of rotatable bonds is 0. The minimum Gasteiger partial charge on any atom is -0.379 e. The van der Waals surface area contributed by atoms with E-state index in [-0.39, 0.29) is 10.8 Å². The summed E-state index contributed by atoms with van der Waals surface area (Å²) >= 11 is 0. The second-order valence-corrected chi connectivity index (χ2v) is 4.59. The van der Waals surface area contributed by atoms with Gasteiger partial charge in [0.25, 0.3) is 0 Å². The molecule has 0 atom stereocenters. The van der Waals surface area contributed by atoms with E-state index in [4.69, 9.17) is 4.74 Å². The van der Waals surface area contributed by atoms with Crippen molar-refractivity contribution in [3.8, 4) is 0 Å².